The molecule has 1 aliphatic rings. The normalized spacial score (nSPS) is 27.8. The summed E-state index contributed by atoms with van der Waals surface area (Å²) in [6.07, 6.45) is 0.347. The van der Waals surface area contributed by atoms with Gasteiger partial charge in [-0.25, -0.2) is 0 Å². The smallest absolute Gasteiger partial charge is 0.190 e. The van der Waals surface area contributed by atoms with Crippen molar-refractivity contribution in [1.82, 2.24) is 0 Å². The monoisotopic (exact) mass is 264 g/mol. The second kappa shape index (κ2) is 5.23. The van der Waals surface area contributed by atoms with Crippen molar-refractivity contribution >= 4 is 0 Å². The SMILES string of the molecule is CC(C)(C)[C@H]1CCO[C@@H]([C@](C)(O)c2ccccc2)O1. The second-order valence-corrected chi connectivity index (χ2v) is 6.50. The van der Waals surface area contributed by atoms with E-state index in [4.69, 9.17) is 9.47 Å². The molecule has 1 N–H and O–H groups in total. The highest BCUT2D eigenvalue weighted by molar-refractivity contribution is 5.22. The number of benzene rings is 1. The maximum absolute atomic E-state index is 10.7. The maximum Gasteiger partial charge on any atom is 0.190 e. The predicted octanol–water partition coefficient (Wildman–Crippen LogP) is 3.07. The van der Waals surface area contributed by atoms with Gasteiger partial charge in [0.1, 0.15) is 5.60 Å². The fourth-order valence-electron chi connectivity index (χ4n) is 2.38. The number of hydrogen-bond donors (Lipinski definition) is 1. The van der Waals surface area contributed by atoms with Crippen molar-refractivity contribution < 1.29 is 14.6 Å². The van der Waals surface area contributed by atoms with E-state index in [2.05, 4.69) is 20.8 Å². The Morgan fingerprint density at radius 1 is 1.11 bits per heavy atom. The summed E-state index contributed by atoms with van der Waals surface area (Å²) < 4.78 is 11.6. The van der Waals surface area contributed by atoms with Crippen molar-refractivity contribution in [3.63, 3.8) is 0 Å². The van der Waals surface area contributed by atoms with E-state index in [0.29, 0.717) is 6.61 Å². The van der Waals surface area contributed by atoms with Crippen molar-refractivity contribution in [3.05, 3.63) is 35.9 Å². The molecule has 0 unspecified atom stereocenters. The molecule has 0 saturated carbocycles. The van der Waals surface area contributed by atoms with Gasteiger partial charge in [-0.1, -0.05) is 51.1 Å². The molecule has 1 saturated heterocycles. The standard InChI is InChI=1S/C16H24O3/c1-15(2,3)13-10-11-18-14(19-13)16(4,17)12-8-6-5-7-9-12/h5-9,13-14,17H,10-11H2,1-4H3/t13-,14-,16-/m1/s1. The summed E-state index contributed by atoms with van der Waals surface area (Å²) in [4.78, 5) is 0. The van der Waals surface area contributed by atoms with Gasteiger partial charge in [0.05, 0.1) is 12.7 Å². The van der Waals surface area contributed by atoms with Crippen LogP contribution in [0.3, 0.4) is 0 Å². The van der Waals surface area contributed by atoms with Gasteiger partial charge in [0.2, 0.25) is 0 Å². The van der Waals surface area contributed by atoms with Crippen LogP contribution in [0.5, 0.6) is 0 Å². The molecule has 0 spiro atoms. The van der Waals surface area contributed by atoms with Gasteiger partial charge in [-0.15, -0.1) is 0 Å². The molecule has 106 valence electrons. The Morgan fingerprint density at radius 3 is 2.32 bits per heavy atom. The maximum atomic E-state index is 10.7. The van der Waals surface area contributed by atoms with E-state index in [1.807, 2.05) is 30.3 Å². The van der Waals surface area contributed by atoms with Gasteiger partial charge in [0, 0.05) is 0 Å². The third-order valence-corrected chi connectivity index (χ3v) is 3.72. The molecule has 0 bridgehead atoms. The van der Waals surface area contributed by atoms with Crippen LogP contribution in [0.15, 0.2) is 30.3 Å². The summed E-state index contributed by atoms with van der Waals surface area (Å²) in [5.41, 5.74) is -0.269. The number of hydrogen-bond acceptors (Lipinski definition) is 3. The molecule has 1 aliphatic heterocycles. The zero-order valence-corrected chi connectivity index (χ0v) is 12.2. The van der Waals surface area contributed by atoms with Gasteiger partial charge in [-0.2, -0.15) is 0 Å². The summed E-state index contributed by atoms with van der Waals surface area (Å²) in [5, 5.41) is 10.7. The molecule has 1 fully saturated rings. The topological polar surface area (TPSA) is 38.7 Å². The Balaban J connectivity index is 2.17. The quantitative estimate of drug-likeness (QED) is 0.892. The van der Waals surface area contributed by atoms with E-state index in [1.165, 1.54) is 0 Å². The van der Waals surface area contributed by atoms with Crippen LogP contribution in [0.4, 0.5) is 0 Å². The van der Waals surface area contributed by atoms with Crippen molar-refractivity contribution in [2.24, 2.45) is 5.41 Å². The van der Waals surface area contributed by atoms with Gasteiger partial charge in [-0.3, -0.25) is 0 Å². The average Bonchev–Trinajstić information content (AvgIpc) is 2.39. The van der Waals surface area contributed by atoms with Crippen molar-refractivity contribution in [2.45, 2.75) is 52.1 Å². The third kappa shape index (κ3) is 3.16. The van der Waals surface area contributed by atoms with Gasteiger partial charge in [0.15, 0.2) is 6.29 Å². The van der Waals surface area contributed by atoms with E-state index in [9.17, 15) is 5.11 Å². The molecule has 1 aromatic carbocycles. The fourth-order valence-corrected chi connectivity index (χ4v) is 2.38. The van der Waals surface area contributed by atoms with Crippen LogP contribution >= 0.6 is 0 Å². The highest BCUT2D eigenvalue weighted by Crippen LogP contribution is 2.35. The van der Waals surface area contributed by atoms with Gasteiger partial charge < -0.3 is 14.6 Å². The summed E-state index contributed by atoms with van der Waals surface area (Å²) in [7, 11) is 0. The molecular weight excluding hydrogens is 240 g/mol. The largest absolute Gasteiger partial charge is 0.380 e. The molecule has 1 aromatic rings. The molecular formula is C16H24O3. The van der Waals surface area contributed by atoms with E-state index < -0.39 is 11.9 Å². The molecule has 3 atom stereocenters. The molecule has 3 heteroatoms. The van der Waals surface area contributed by atoms with E-state index in [1.54, 1.807) is 6.92 Å². The van der Waals surface area contributed by atoms with E-state index in [-0.39, 0.29) is 11.5 Å². The Labute approximate surface area is 115 Å². The first kappa shape index (κ1) is 14.5. The van der Waals surface area contributed by atoms with Crippen LogP contribution in [-0.4, -0.2) is 24.1 Å². The molecule has 0 radical (unpaired) electrons. The summed E-state index contributed by atoms with van der Waals surface area (Å²) >= 11 is 0. The van der Waals surface area contributed by atoms with E-state index in [0.717, 1.165) is 12.0 Å². The lowest BCUT2D eigenvalue weighted by Crippen LogP contribution is -2.49. The molecule has 0 aromatic heterocycles. The zero-order chi connectivity index (χ0) is 14.1. The molecule has 19 heavy (non-hydrogen) atoms. The Bertz CT molecular complexity index is 406. The van der Waals surface area contributed by atoms with Crippen molar-refractivity contribution in [2.75, 3.05) is 6.61 Å². The minimum atomic E-state index is -1.13. The summed E-state index contributed by atoms with van der Waals surface area (Å²) in [6, 6.07) is 9.54. The first-order valence-electron chi connectivity index (χ1n) is 6.87. The summed E-state index contributed by atoms with van der Waals surface area (Å²) in [5.74, 6) is 0. The molecule has 0 amide bonds. The van der Waals surface area contributed by atoms with Crippen LogP contribution in [0.25, 0.3) is 0 Å². The van der Waals surface area contributed by atoms with Gasteiger partial charge >= 0.3 is 0 Å². The van der Waals surface area contributed by atoms with Gasteiger partial charge in [-0.05, 0) is 24.3 Å². The minimum absolute atomic E-state index is 0.0504. The highest BCUT2D eigenvalue weighted by atomic mass is 16.7. The average molecular weight is 264 g/mol. The van der Waals surface area contributed by atoms with Crippen LogP contribution in [0.1, 0.15) is 39.7 Å². The Morgan fingerprint density at radius 2 is 1.74 bits per heavy atom. The molecule has 0 aliphatic carbocycles. The first-order valence-corrected chi connectivity index (χ1v) is 6.87. The van der Waals surface area contributed by atoms with Crippen LogP contribution in [-0.2, 0) is 15.1 Å². The lowest BCUT2D eigenvalue weighted by atomic mass is 9.86. The third-order valence-electron chi connectivity index (χ3n) is 3.72. The Hall–Kier alpha value is -0.900. The second-order valence-electron chi connectivity index (χ2n) is 6.50. The molecule has 2 rings (SSSR count). The molecule has 3 nitrogen and oxygen atoms in total. The van der Waals surface area contributed by atoms with Gasteiger partial charge in [0.25, 0.3) is 0 Å². The fraction of sp³-hybridized carbons (Fsp3) is 0.625. The predicted molar refractivity (Wildman–Crippen MR) is 74.7 cm³/mol. The van der Waals surface area contributed by atoms with Crippen LogP contribution in [0, 0.1) is 5.41 Å². The van der Waals surface area contributed by atoms with Crippen LogP contribution in [0.2, 0.25) is 0 Å². The van der Waals surface area contributed by atoms with Crippen LogP contribution < -0.4 is 0 Å². The molecule has 1 heterocycles. The minimum Gasteiger partial charge on any atom is -0.380 e. The number of rotatable bonds is 2. The van der Waals surface area contributed by atoms with Crippen molar-refractivity contribution in [3.8, 4) is 0 Å². The van der Waals surface area contributed by atoms with E-state index >= 15 is 0 Å². The lowest BCUT2D eigenvalue weighted by Gasteiger charge is -2.43. The first-order chi connectivity index (χ1) is 8.82. The number of ether oxygens (including phenoxy) is 2. The van der Waals surface area contributed by atoms with Crippen molar-refractivity contribution in [1.29, 1.82) is 0 Å². The highest BCUT2D eigenvalue weighted by Gasteiger charge is 2.42. The zero-order valence-electron chi connectivity index (χ0n) is 12.2. The summed E-state index contributed by atoms with van der Waals surface area (Å²) in [6.45, 7) is 8.82. The lowest BCUT2D eigenvalue weighted by molar-refractivity contribution is -0.297. The number of aliphatic hydroxyl groups is 1. The Kier molecular flexibility index (Phi) is 4.00.